The van der Waals surface area contributed by atoms with Crippen LogP contribution in [0.3, 0.4) is 0 Å². The van der Waals surface area contributed by atoms with Crippen LogP contribution < -0.4 is 10.6 Å². The van der Waals surface area contributed by atoms with Gasteiger partial charge in [-0.2, -0.15) is 11.8 Å². The van der Waals surface area contributed by atoms with Gasteiger partial charge in [-0.1, -0.05) is 13.3 Å². The van der Waals surface area contributed by atoms with E-state index in [0.29, 0.717) is 17.2 Å². The molecule has 2 rings (SSSR count). The van der Waals surface area contributed by atoms with Crippen molar-refractivity contribution >= 4 is 17.7 Å². The van der Waals surface area contributed by atoms with Crippen molar-refractivity contribution in [3.05, 3.63) is 0 Å². The summed E-state index contributed by atoms with van der Waals surface area (Å²) < 4.78 is 0. The van der Waals surface area contributed by atoms with Crippen LogP contribution in [0.1, 0.15) is 32.6 Å². The molecule has 1 heterocycles. The molecular weight excluding hydrogens is 220 g/mol. The Morgan fingerprint density at radius 2 is 2.19 bits per heavy atom. The maximum Gasteiger partial charge on any atom is 0.237 e. The van der Waals surface area contributed by atoms with E-state index < -0.39 is 0 Å². The minimum absolute atomic E-state index is 0.0445. The maximum atomic E-state index is 12.1. The number of carbonyl (C=O) groups is 1. The summed E-state index contributed by atoms with van der Waals surface area (Å²) in [7, 11) is 0. The highest BCUT2D eigenvalue weighted by Crippen LogP contribution is 2.28. The van der Waals surface area contributed by atoms with Crippen LogP contribution in [0.25, 0.3) is 0 Å². The third-order valence-electron chi connectivity index (χ3n) is 3.90. The summed E-state index contributed by atoms with van der Waals surface area (Å²) in [6, 6.07) is 0.445. The number of rotatable bonds is 3. The van der Waals surface area contributed by atoms with Crippen molar-refractivity contribution in [2.24, 2.45) is 5.92 Å². The van der Waals surface area contributed by atoms with Crippen LogP contribution in [0.15, 0.2) is 0 Å². The minimum atomic E-state index is 0.0445. The Morgan fingerprint density at radius 1 is 1.38 bits per heavy atom. The van der Waals surface area contributed by atoms with E-state index in [9.17, 15) is 4.79 Å². The molecule has 0 aromatic heterocycles. The van der Waals surface area contributed by atoms with Crippen LogP contribution >= 0.6 is 11.8 Å². The average molecular weight is 242 g/mol. The third kappa shape index (κ3) is 2.54. The molecule has 16 heavy (non-hydrogen) atoms. The van der Waals surface area contributed by atoms with E-state index in [2.05, 4.69) is 23.8 Å². The SMILES string of the molecule is CSC1CCCC1NC(=O)C1NCCC1C. The molecule has 92 valence electrons. The Hall–Kier alpha value is -0.220. The first kappa shape index (κ1) is 12.2. The van der Waals surface area contributed by atoms with Gasteiger partial charge in [0.2, 0.25) is 5.91 Å². The summed E-state index contributed by atoms with van der Waals surface area (Å²) >= 11 is 1.89. The molecule has 1 saturated carbocycles. The van der Waals surface area contributed by atoms with E-state index in [0.717, 1.165) is 19.4 Å². The van der Waals surface area contributed by atoms with Gasteiger partial charge in [-0.3, -0.25) is 4.79 Å². The van der Waals surface area contributed by atoms with Crippen molar-refractivity contribution in [2.45, 2.75) is 49.9 Å². The third-order valence-corrected chi connectivity index (χ3v) is 5.07. The Labute approximate surface area is 102 Å². The van der Waals surface area contributed by atoms with Crippen molar-refractivity contribution in [2.75, 3.05) is 12.8 Å². The molecule has 0 aromatic rings. The predicted molar refractivity (Wildman–Crippen MR) is 68.7 cm³/mol. The zero-order valence-electron chi connectivity index (χ0n) is 10.2. The largest absolute Gasteiger partial charge is 0.351 e. The van der Waals surface area contributed by atoms with Crippen LogP contribution in [0.5, 0.6) is 0 Å². The Balaban J connectivity index is 1.86. The second-order valence-corrected chi connectivity index (χ2v) is 6.09. The van der Waals surface area contributed by atoms with Crippen molar-refractivity contribution < 1.29 is 4.79 Å². The Bertz CT molecular complexity index is 259. The first-order chi connectivity index (χ1) is 7.72. The number of carbonyl (C=O) groups excluding carboxylic acids is 1. The summed E-state index contributed by atoms with van der Waals surface area (Å²) in [5, 5.41) is 7.15. The molecule has 3 nitrogen and oxygen atoms in total. The van der Waals surface area contributed by atoms with Crippen molar-refractivity contribution in [1.82, 2.24) is 10.6 Å². The van der Waals surface area contributed by atoms with Gasteiger partial charge in [0, 0.05) is 11.3 Å². The summed E-state index contributed by atoms with van der Waals surface area (Å²) in [6.45, 7) is 3.14. The van der Waals surface area contributed by atoms with Gasteiger partial charge in [-0.05, 0) is 38.0 Å². The van der Waals surface area contributed by atoms with Crippen LogP contribution in [-0.2, 0) is 4.79 Å². The fraction of sp³-hybridized carbons (Fsp3) is 0.917. The standard InChI is InChI=1S/C12H22N2OS/c1-8-6-7-13-11(8)12(15)14-9-4-3-5-10(9)16-2/h8-11,13H,3-7H2,1-2H3,(H,14,15). The van der Waals surface area contributed by atoms with Crippen LogP contribution in [0, 0.1) is 5.92 Å². The van der Waals surface area contributed by atoms with Gasteiger partial charge < -0.3 is 10.6 Å². The molecule has 2 N–H and O–H groups in total. The molecule has 4 heteroatoms. The van der Waals surface area contributed by atoms with Gasteiger partial charge in [0.25, 0.3) is 0 Å². The van der Waals surface area contributed by atoms with Gasteiger partial charge in [-0.15, -0.1) is 0 Å². The normalized spacial score (nSPS) is 38.9. The minimum Gasteiger partial charge on any atom is -0.351 e. The molecular formula is C12H22N2OS. The quantitative estimate of drug-likeness (QED) is 0.786. The summed E-state index contributed by atoms with van der Waals surface area (Å²) in [6.07, 6.45) is 6.92. The van der Waals surface area contributed by atoms with Crippen molar-refractivity contribution in [3.63, 3.8) is 0 Å². The summed E-state index contributed by atoms with van der Waals surface area (Å²) in [5.41, 5.74) is 0. The highest BCUT2D eigenvalue weighted by molar-refractivity contribution is 7.99. The van der Waals surface area contributed by atoms with E-state index in [1.807, 2.05) is 11.8 Å². The highest BCUT2D eigenvalue weighted by Gasteiger charge is 2.33. The fourth-order valence-corrected chi connectivity index (χ4v) is 3.77. The topological polar surface area (TPSA) is 41.1 Å². The van der Waals surface area contributed by atoms with Crippen LogP contribution in [-0.4, -0.2) is 36.0 Å². The lowest BCUT2D eigenvalue weighted by molar-refractivity contribution is -0.124. The predicted octanol–water partition coefficient (Wildman–Crippen LogP) is 1.38. The lowest BCUT2D eigenvalue weighted by atomic mass is 10.0. The zero-order valence-corrected chi connectivity index (χ0v) is 11.0. The first-order valence-corrected chi connectivity index (χ1v) is 7.57. The Morgan fingerprint density at radius 3 is 2.81 bits per heavy atom. The van der Waals surface area contributed by atoms with Gasteiger partial charge in [-0.25, -0.2) is 0 Å². The maximum absolute atomic E-state index is 12.1. The smallest absolute Gasteiger partial charge is 0.237 e. The molecule has 1 aliphatic carbocycles. The molecule has 4 atom stereocenters. The lowest BCUT2D eigenvalue weighted by Crippen LogP contribution is -2.48. The van der Waals surface area contributed by atoms with E-state index >= 15 is 0 Å². The van der Waals surface area contributed by atoms with E-state index in [1.54, 1.807) is 0 Å². The first-order valence-electron chi connectivity index (χ1n) is 6.29. The summed E-state index contributed by atoms with van der Waals surface area (Å²) in [5.74, 6) is 0.699. The molecule has 0 radical (unpaired) electrons. The molecule has 1 amide bonds. The van der Waals surface area contributed by atoms with Gasteiger partial charge in [0.1, 0.15) is 0 Å². The molecule has 2 aliphatic rings. The second-order valence-electron chi connectivity index (χ2n) is 5.02. The average Bonchev–Trinajstić information content (AvgIpc) is 2.86. The number of amides is 1. The number of nitrogens with one attached hydrogen (secondary N) is 2. The van der Waals surface area contributed by atoms with Gasteiger partial charge in [0.05, 0.1) is 6.04 Å². The molecule has 1 saturated heterocycles. The molecule has 0 spiro atoms. The number of hydrogen-bond donors (Lipinski definition) is 2. The molecule has 4 unspecified atom stereocenters. The fourth-order valence-electron chi connectivity index (χ4n) is 2.83. The van der Waals surface area contributed by atoms with Gasteiger partial charge >= 0.3 is 0 Å². The zero-order chi connectivity index (χ0) is 11.5. The number of hydrogen-bond acceptors (Lipinski definition) is 3. The van der Waals surface area contributed by atoms with Crippen molar-refractivity contribution in [3.8, 4) is 0 Å². The number of thioether (sulfide) groups is 1. The van der Waals surface area contributed by atoms with E-state index in [1.165, 1.54) is 12.8 Å². The molecule has 0 bridgehead atoms. The lowest BCUT2D eigenvalue weighted by Gasteiger charge is -2.23. The van der Waals surface area contributed by atoms with E-state index in [-0.39, 0.29) is 11.9 Å². The molecule has 1 aliphatic heterocycles. The van der Waals surface area contributed by atoms with Crippen LogP contribution in [0.4, 0.5) is 0 Å². The van der Waals surface area contributed by atoms with Gasteiger partial charge in [0.15, 0.2) is 0 Å². The van der Waals surface area contributed by atoms with Crippen LogP contribution in [0.2, 0.25) is 0 Å². The van der Waals surface area contributed by atoms with E-state index in [4.69, 9.17) is 0 Å². The Kier molecular flexibility index (Phi) is 4.14. The second kappa shape index (κ2) is 5.41. The summed E-state index contributed by atoms with van der Waals surface area (Å²) in [4.78, 5) is 12.1. The monoisotopic (exact) mass is 242 g/mol. The molecule has 2 fully saturated rings. The molecule has 0 aromatic carbocycles. The van der Waals surface area contributed by atoms with Crippen molar-refractivity contribution in [1.29, 1.82) is 0 Å². The highest BCUT2D eigenvalue weighted by atomic mass is 32.2.